The van der Waals surface area contributed by atoms with Gasteiger partial charge in [-0.25, -0.2) is 0 Å². The second-order valence-electron chi connectivity index (χ2n) is 6.90. The molecule has 0 bridgehead atoms. The number of hydrogen-bond acceptors (Lipinski definition) is 9. The average molecular weight is 508 g/mol. The third-order valence-electron chi connectivity index (χ3n) is 4.10. The van der Waals surface area contributed by atoms with Crippen LogP contribution in [0.2, 0.25) is 0 Å². The van der Waals surface area contributed by atoms with E-state index in [4.69, 9.17) is 22.6 Å². The van der Waals surface area contributed by atoms with Crippen LogP contribution < -0.4 is 11.1 Å². The third kappa shape index (κ3) is 13.3. The smallest absolute Gasteiger partial charge is 0.335 e. The predicted octanol–water partition coefficient (Wildman–Crippen LogP) is 1.36. The van der Waals surface area contributed by atoms with Crippen LogP contribution in [0.3, 0.4) is 0 Å². The molecule has 0 aliphatic heterocycles. The Balaban J connectivity index is 0.000000550. The van der Waals surface area contributed by atoms with Crippen LogP contribution in [0.15, 0.2) is 73.1 Å². The highest BCUT2D eigenvalue weighted by molar-refractivity contribution is 7.51. The minimum Gasteiger partial charge on any atom is -0.396 e. The zero-order valence-electron chi connectivity index (χ0n) is 19.2. The largest absolute Gasteiger partial charge is 0.396 e. The van der Waals surface area contributed by atoms with E-state index in [0.29, 0.717) is 12.2 Å². The fraction of sp³-hybridized carbons (Fsp3) is 0.273. The van der Waals surface area contributed by atoms with Gasteiger partial charge < -0.3 is 16.0 Å². The maximum atomic E-state index is 11.2. The van der Waals surface area contributed by atoms with Crippen molar-refractivity contribution in [1.29, 1.82) is 0 Å². The van der Waals surface area contributed by atoms with Gasteiger partial charge in [-0.1, -0.05) is 60.7 Å². The topological polar surface area (TPSA) is 144 Å². The second-order valence-corrected chi connectivity index (χ2v) is 7.17. The lowest BCUT2D eigenvalue weighted by molar-refractivity contribution is 0.0993. The molecule has 0 amide bonds. The number of rotatable bonds is 7. The molecule has 0 spiro atoms. The maximum absolute atomic E-state index is 11.2. The Morgan fingerprint density at radius 3 is 1.91 bits per heavy atom. The van der Waals surface area contributed by atoms with Crippen molar-refractivity contribution in [3.05, 3.63) is 84.2 Å². The van der Waals surface area contributed by atoms with E-state index in [0.717, 1.165) is 12.1 Å². The number of carbonyl (C=O) groups excluding carboxylic acids is 1. The van der Waals surface area contributed by atoms with Crippen LogP contribution in [0.25, 0.3) is 0 Å². The van der Waals surface area contributed by atoms with E-state index in [9.17, 15) is 4.79 Å². The Morgan fingerprint density at radius 2 is 1.50 bits per heavy atom. The van der Waals surface area contributed by atoms with Crippen molar-refractivity contribution in [2.75, 3.05) is 40.0 Å². The van der Waals surface area contributed by atoms with E-state index in [1.807, 2.05) is 59.4 Å². The van der Waals surface area contributed by atoms with E-state index < -0.39 is 23.1 Å². The van der Waals surface area contributed by atoms with Gasteiger partial charge in [-0.2, -0.15) is 21.9 Å². The molecule has 0 fully saturated rings. The number of nitrogens with one attached hydrogen (secondary N) is 1. The van der Waals surface area contributed by atoms with Crippen LogP contribution in [-0.2, 0) is 23.1 Å². The van der Waals surface area contributed by atoms with Gasteiger partial charge in [0.1, 0.15) is 0 Å². The molecule has 0 saturated heterocycles. The van der Waals surface area contributed by atoms with Gasteiger partial charge >= 0.3 is 23.1 Å². The van der Waals surface area contributed by atoms with Crippen LogP contribution in [0.4, 0.5) is 5.69 Å². The van der Waals surface area contributed by atoms with Crippen LogP contribution in [-0.4, -0.2) is 71.5 Å². The first kappa shape index (κ1) is 30.7. The molecule has 34 heavy (non-hydrogen) atoms. The molecule has 3 rings (SSSR count). The number of ketones is 1. The first-order chi connectivity index (χ1) is 16.3. The average Bonchev–Trinajstić information content (AvgIpc) is 3.26. The summed E-state index contributed by atoms with van der Waals surface area (Å²) < 4.78 is 35.1. The molecule has 0 radical (unpaired) electrons. The standard InChI is InChI=1S/C13H18N4.C9H11NO.2O2S/c1-16(2)10-13(11-6-4-3-5-7-11)17-9-12(14)8-15-17;1-10-7-9(11)8-5-3-2-4-6-8;2*1-3-2/h3-9,13H,10,14H2,1-2H3;2-6,10H,7H2,1H3;;. The molecule has 1 atom stereocenters. The molecule has 1 aromatic heterocycles. The Morgan fingerprint density at radius 1 is 1.00 bits per heavy atom. The Hall–Kier alpha value is -3.32. The maximum Gasteiger partial charge on any atom is 0.335 e. The number of nitrogens with zero attached hydrogens (tertiary/aromatic N) is 3. The quantitative estimate of drug-likeness (QED) is 0.453. The first-order valence-corrected chi connectivity index (χ1v) is 11.2. The fourth-order valence-corrected chi connectivity index (χ4v) is 2.77. The van der Waals surface area contributed by atoms with Crippen molar-refractivity contribution < 1.29 is 21.6 Å². The van der Waals surface area contributed by atoms with E-state index in [2.05, 4.69) is 41.5 Å². The molecule has 1 unspecified atom stereocenters. The van der Waals surface area contributed by atoms with Gasteiger partial charge in [-0.3, -0.25) is 9.48 Å². The summed E-state index contributed by atoms with van der Waals surface area (Å²) in [5, 5.41) is 7.13. The van der Waals surface area contributed by atoms with Crippen molar-refractivity contribution in [3.8, 4) is 0 Å². The Labute approximate surface area is 206 Å². The predicted molar refractivity (Wildman–Crippen MR) is 132 cm³/mol. The highest BCUT2D eigenvalue weighted by Crippen LogP contribution is 2.19. The molecule has 2 aromatic carbocycles. The second kappa shape index (κ2) is 19.2. The Kier molecular flexibility index (Phi) is 17.3. The normalized spacial score (nSPS) is 10.2. The van der Waals surface area contributed by atoms with Crippen molar-refractivity contribution >= 4 is 34.6 Å². The number of Topliss-reactive ketones (excluding diaryl/α,β-unsaturated/α-hetero) is 1. The minimum atomic E-state index is -0.750. The number of nitrogens with two attached hydrogens (primary N) is 1. The number of carbonyl (C=O) groups is 1. The first-order valence-electron chi connectivity index (χ1n) is 9.90. The number of nitrogen functional groups attached to an aromatic ring is 1. The van der Waals surface area contributed by atoms with Gasteiger partial charge in [0.25, 0.3) is 0 Å². The summed E-state index contributed by atoms with van der Waals surface area (Å²) in [6.07, 6.45) is 3.56. The van der Waals surface area contributed by atoms with Gasteiger partial charge in [0.2, 0.25) is 0 Å². The molecule has 0 aliphatic carbocycles. The molecule has 1 heterocycles. The van der Waals surface area contributed by atoms with Crippen molar-refractivity contribution in [3.63, 3.8) is 0 Å². The lowest BCUT2D eigenvalue weighted by Gasteiger charge is -2.21. The van der Waals surface area contributed by atoms with E-state index >= 15 is 0 Å². The molecular weight excluding hydrogens is 478 g/mol. The summed E-state index contributed by atoms with van der Waals surface area (Å²) in [5.74, 6) is 0.133. The molecule has 0 aliphatic rings. The molecule has 0 saturated carbocycles. The molecule has 10 nitrogen and oxygen atoms in total. The van der Waals surface area contributed by atoms with Crippen LogP contribution in [0, 0.1) is 0 Å². The van der Waals surface area contributed by atoms with Crippen molar-refractivity contribution in [2.24, 2.45) is 0 Å². The number of aromatic nitrogens is 2. The van der Waals surface area contributed by atoms with Gasteiger partial charge in [0.15, 0.2) is 5.78 Å². The van der Waals surface area contributed by atoms with Crippen molar-refractivity contribution in [2.45, 2.75) is 6.04 Å². The van der Waals surface area contributed by atoms with E-state index in [-0.39, 0.29) is 11.8 Å². The summed E-state index contributed by atoms with van der Waals surface area (Å²) in [7, 11) is 5.88. The minimum absolute atomic E-state index is 0.133. The van der Waals surface area contributed by atoms with E-state index in [1.54, 1.807) is 13.2 Å². The van der Waals surface area contributed by atoms with Gasteiger partial charge in [-0.05, 0) is 26.7 Å². The SMILES string of the molecule is CN(C)CC(c1ccccc1)n1cc(N)cn1.CNCC(=O)c1ccccc1.O=S=O.O=S=O. The third-order valence-corrected chi connectivity index (χ3v) is 4.10. The number of benzene rings is 2. The van der Waals surface area contributed by atoms with Gasteiger partial charge in [-0.15, -0.1) is 0 Å². The summed E-state index contributed by atoms with van der Waals surface area (Å²) >= 11 is -1.50. The Bertz CT molecular complexity index is 1010. The lowest BCUT2D eigenvalue weighted by Crippen LogP contribution is -2.25. The van der Waals surface area contributed by atoms with Gasteiger partial charge in [0.05, 0.1) is 24.5 Å². The number of likely N-dealkylation sites (N-methyl/N-ethyl adjacent to an activating group) is 2. The summed E-state index contributed by atoms with van der Waals surface area (Å²) in [6.45, 7) is 1.30. The lowest BCUT2D eigenvalue weighted by atomic mass is 10.1. The van der Waals surface area contributed by atoms with Crippen LogP contribution >= 0.6 is 0 Å². The van der Waals surface area contributed by atoms with Crippen LogP contribution in [0.1, 0.15) is 22.0 Å². The van der Waals surface area contributed by atoms with Gasteiger partial charge in [0, 0.05) is 18.3 Å². The molecule has 3 N–H and O–H groups in total. The summed E-state index contributed by atoms with van der Waals surface area (Å²) in [4.78, 5) is 13.3. The monoisotopic (exact) mass is 507 g/mol. The molecule has 3 aromatic rings. The molecular formula is C22H29N5O5S2. The zero-order chi connectivity index (χ0) is 25.8. The van der Waals surface area contributed by atoms with Crippen molar-refractivity contribution in [1.82, 2.24) is 20.0 Å². The highest BCUT2D eigenvalue weighted by Gasteiger charge is 2.15. The summed E-state index contributed by atoms with van der Waals surface area (Å²) in [5.41, 5.74) is 8.43. The molecule has 12 heteroatoms. The fourth-order valence-electron chi connectivity index (χ4n) is 2.77. The number of anilines is 1. The van der Waals surface area contributed by atoms with Crippen LogP contribution in [0.5, 0.6) is 0 Å². The number of hydrogen-bond donors (Lipinski definition) is 2. The summed E-state index contributed by atoms with van der Waals surface area (Å²) in [6, 6.07) is 19.8. The molecule has 184 valence electrons. The highest BCUT2D eigenvalue weighted by atomic mass is 32.1. The zero-order valence-corrected chi connectivity index (χ0v) is 20.8. The van der Waals surface area contributed by atoms with E-state index in [1.165, 1.54) is 5.56 Å².